The molecule has 1 aliphatic carbocycles. The van der Waals surface area contributed by atoms with E-state index in [4.69, 9.17) is 0 Å². The van der Waals surface area contributed by atoms with Crippen molar-refractivity contribution in [2.24, 2.45) is 11.8 Å². The van der Waals surface area contributed by atoms with Crippen LogP contribution < -0.4 is 5.32 Å². The van der Waals surface area contributed by atoms with Gasteiger partial charge in [-0.25, -0.2) is 0 Å². The summed E-state index contributed by atoms with van der Waals surface area (Å²) in [7, 11) is 0. The minimum Gasteiger partial charge on any atom is -0.507 e. The van der Waals surface area contributed by atoms with Gasteiger partial charge in [0, 0.05) is 11.0 Å². The molecule has 1 saturated carbocycles. The molecule has 0 aromatic heterocycles. The van der Waals surface area contributed by atoms with Crippen LogP contribution in [0, 0.1) is 11.8 Å². The summed E-state index contributed by atoms with van der Waals surface area (Å²) in [6, 6.07) is 4.89. The van der Waals surface area contributed by atoms with Gasteiger partial charge in [-0.1, -0.05) is 48.5 Å². The maximum atomic E-state index is 12.0. The number of hydrogen-bond acceptors (Lipinski definition) is 2. The summed E-state index contributed by atoms with van der Waals surface area (Å²) >= 11 is 3.31. The second kappa shape index (κ2) is 7.11. The van der Waals surface area contributed by atoms with Crippen LogP contribution in [0.3, 0.4) is 0 Å². The van der Waals surface area contributed by atoms with Crippen molar-refractivity contribution >= 4 is 21.8 Å². The first-order valence-electron chi connectivity index (χ1n) is 7.33. The van der Waals surface area contributed by atoms with Crippen molar-refractivity contribution in [1.82, 2.24) is 5.32 Å². The number of aromatic hydroxyl groups is 1. The number of benzene rings is 1. The number of amides is 1. The van der Waals surface area contributed by atoms with E-state index in [0.717, 1.165) is 22.7 Å². The molecule has 4 heteroatoms. The second-order valence-corrected chi connectivity index (χ2v) is 6.75. The van der Waals surface area contributed by atoms with Gasteiger partial charge in [0.1, 0.15) is 5.75 Å². The average molecular weight is 340 g/mol. The fourth-order valence-corrected chi connectivity index (χ4v) is 3.15. The number of phenolic OH excluding ortho intramolecular Hbond substituents is 1. The van der Waals surface area contributed by atoms with E-state index in [1.165, 1.54) is 31.7 Å². The lowest BCUT2D eigenvalue weighted by Crippen LogP contribution is -2.27. The zero-order chi connectivity index (χ0) is 14.5. The third kappa shape index (κ3) is 4.23. The van der Waals surface area contributed by atoms with Gasteiger partial charge in [0.2, 0.25) is 0 Å². The third-order valence-corrected chi connectivity index (χ3v) is 4.67. The van der Waals surface area contributed by atoms with E-state index in [0.29, 0.717) is 12.1 Å². The summed E-state index contributed by atoms with van der Waals surface area (Å²) in [5.74, 6) is 1.42. The smallest absolute Gasteiger partial charge is 0.255 e. The summed E-state index contributed by atoms with van der Waals surface area (Å²) in [5.41, 5.74) is 0.330. The molecule has 0 radical (unpaired) electrons. The Morgan fingerprint density at radius 2 is 2.05 bits per heavy atom. The van der Waals surface area contributed by atoms with Crippen LogP contribution in [-0.4, -0.2) is 17.6 Å². The van der Waals surface area contributed by atoms with Crippen molar-refractivity contribution < 1.29 is 9.90 Å². The molecule has 1 aromatic rings. The normalized spacial score (nSPS) is 22.5. The first kappa shape index (κ1) is 15.4. The standard InChI is InChI=1S/C16H22BrNO2/c1-11-2-4-12(5-3-11)8-9-18-16(20)14-10-13(17)6-7-15(14)19/h6-7,10-12,19H,2-5,8-9H2,1H3,(H,18,20). The van der Waals surface area contributed by atoms with Crippen LogP contribution in [0.25, 0.3) is 0 Å². The van der Waals surface area contributed by atoms with E-state index in [1.807, 2.05) is 0 Å². The van der Waals surface area contributed by atoms with Crippen LogP contribution >= 0.6 is 15.9 Å². The zero-order valence-corrected chi connectivity index (χ0v) is 13.4. The van der Waals surface area contributed by atoms with E-state index in [2.05, 4.69) is 28.2 Å². The lowest BCUT2D eigenvalue weighted by Gasteiger charge is -2.26. The largest absolute Gasteiger partial charge is 0.507 e. The fourth-order valence-electron chi connectivity index (χ4n) is 2.79. The summed E-state index contributed by atoms with van der Waals surface area (Å²) < 4.78 is 0.793. The SMILES string of the molecule is CC1CCC(CCNC(=O)c2cc(Br)ccc2O)CC1. The summed E-state index contributed by atoms with van der Waals surface area (Å²) in [6.07, 6.45) is 6.21. The van der Waals surface area contributed by atoms with Crippen LogP contribution in [-0.2, 0) is 0 Å². The second-order valence-electron chi connectivity index (χ2n) is 5.83. The maximum Gasteiger partial charge on any atom is 0.255 e. The van der Waals surface area contributed by atoms with Crippen LogP contribution in [0.4, 0.5) is 0 Å². The van der Waals surface area contributed by atoms with E-state index < -0.39 is 0 Å². The number of rotatable bonds is 4. The number of hydrogen-bond donors (Lipinski definition) is 2. The summed E-state index contributed by atoms with van der Waals surface area (Å²) in [5, 5.41) is 12.6. The highest BCUT2D eigenvalue weighted by atomic mass is 79.9. The van der Waals surface area contributed by atoms with Crippen LogP contribution in [0.5, 0.6) is 5.75 Å². The molecule has 0 unspecified atom stereocenters. The van der Waals surface area contributed by atoms with Gasteiger partial charge in [0.05, 0.1) is 5.56 Å². The molecule has 0 aliphatic heterocycles. The van der Waals surface area contributed by atoms with Gasteiger partial charge in [-0.3, -0.25) is 4.79 Å². The van der Waals surface area contributed by atoms with Gasteiger partial charge in [-0.15, -0.1) is 0 Å². The zero-order valence-electron chi connectivity index (χ0n) is 11.9. The van der Waals surface area contributed by atoms with Crippen LogP contribution in [0.1, 0.15) is 49.4 Å². The molecule has 0 saturated heterocycles. The lowest BCUT2D eigenvalue weighted by molar-refractivity contribution is 0.0947. The van der Waals surface area contributed by atoms with Crippen molar-refractivity contribution in [3.05, 3.63) is 28.2 Å². The van der Waals surface area contributed by atoms with Crippen LogP contribution in [0.2, 0.25) is 0 Å². The molecule has 20 heavy (non-hydrogen) atoms. The molecule has 1 amide bonds. The van der Waals surface area contributed by atoms with Gasteiger partial charge in [-0.05, 0) is 36.5 Å². The Bertz CT molecular complexity index is 468. The third-order valence-electron chi connectivity index (χ3n) is 4.18. The van der Waals surface area contributed by atoms with Crippen molar-refractivity contribution in [2.45, 2.75) is 39.0 Å². The molecule has 3 nitrogen and oxygen atoms in total. The Morgan fingerprint density at radius 1 is 1.35 bits per heavy atom. The number of carbonyl (C=O) groups is 1. The minimum absolute atomic E-state index is 0.0252. The van der Waals surface area contributed by atoms with Crippen molar-refractivity contribution in [3.63, 3.8) is 0 Å². The topological polar surface area (TPSA) is 49.3 Å². The monoisotopic (exact) mass is 339 g/mol. The highest BCUT2D eigenvalue weighted by molar-refractivity contribution is 9.10. The molecule has 0 heterocycles. The lowest BCUT2D eigenvalue weighted by atomic mass is 9.81. The molecule has 1 aliphatic rings. The first-order chi connectivity index (χ1) is 9.56. The predicted octanol–water partition coefficient (Wildman–Crippen LogP) is 4.10. The predicted molar refractivity (Wildman–Crippen MR) is 83.9 cm³/mol. The molecule has 110 valence electrons. The van der Waals surface area contributed by atoms with Crippen molar-refractivity contribution in [2.75, 3.05) is 6.54 Å². The van der Waals surface area contributed by atoms with Crippen molar-refractivity contribution in [3.8, 4) is 5.75 Å². The highest BCUT2D eigenvalue weighted by Crippen LogP contribution is 2.30. The Morgan fingerprint density at radius 3 is 2.75 bits per heavy atom. The average Bonchev–Trinajstić information content (AvgIpc) is 2.43. The molecule has 1 fully saturated rings. The number of nitrogens with one attached hydrogen (secondary N) is 1. The van der Waals surface area contributed by atoms with E-state index >= 15 is 0 Å². The van der Waals surface area contributed by atoms with Crippen molar-refractivity contribution in [1.29, 1.82) is 0 Å². The Hall–Kier alpha value is -1.03. The van der Waals surface area contributed by atoms with E-state index in [1.54, 1.807) is 12.1 Å². The molecule has 0 bridgehead atoms. The molecule has 0 spiro atoms. The Balaban J connectivity index is 1.79. The van der Waals surface area contributed by atoms with Gasteiger partial charge in [-0.2, -0.15) is 0 Å². The Kier molecular flexibility index (Phi) is 5.46. The fraction of sp³-hybridized carbons (Fsp3) is 0.562. The summed E-state index contributed by atoms with van der Waals surface area (Å²) in [6.45, 7) is 3.00. The first-order valence-corrected chi connectivity index (χ1v) is 8.12. The molecular weight excluding hydrogens is 318 g/mol. The van der Waals surface area contributed by atoms with E-state index in [-0.39, 0.29) is 11.7 Å². The molecule has 1 aromatic carbocycles. The molecule has 2 rings (SSSR count). The number of halogens is 1. The van der Waals surface area contributed by atoms with Gasteiger partial charge in [0.25, 0.3) is 5.91 Å². The molecule has 0 atom stereocenters. The summed E-state index contributed by atoms with van der Waals surface area (Å²) in [4.78, 5) is 12.0. The Labute approximate surface area is 128 Å². The number of carbonyl (C=O) groups excluding carboxylic acids is 1. The molecule has 2 N–H and O–H groups in total. The van der Waals surface area contributed by atoms with Gasteiger partial charge >= 0.3 is 0 Å². The van der Waals surface area contributed by atoms with Gasteiger partial charge in [0.15, 0.2) is 0 Å². The number of phenols is 1. The van der Waals surface area contributed by atoms with Crippen LogP contribution in [0.15, 0.2) is 22.7 Å². The molecular formula is C16H22BrNO2. The quantitative estimate of drug-likeness (QED) is 0.867. The highest BCUT2D eigenvalue weighted by Gasteiger charge is 2.18. The van der Waals surface area contributed by atoms with E-state index in [9.17, 15) is 9.90 Å². The van der Waals surface area contributed by atoms with Gasteiger partial charge < -0.3 is 10.4 Å². The minimum atomic E-state index is -0.201. The maximum absolute atomic E-state index is 12.0.